The Morgan fingerprint density at radius 2 is 1.91 bits per heavy atom. The standard InChI is InChI=1S/C33H32N6O7/c1-32(2,42)18-45-24-4-6-28-27(16-36-38(28)17-24)31(41)37-22-11-33(12-22)13-25(14-33)46-29-10-20(3-5-26(29)30(35)40)21-7-19(15-34)8-23(9-21)39(43)44/h3-10,16-17,22,25,42H,11-14,18H2,1-2H3,(H2,35,40)(H,37,41). The normalized spacial score (nSPS) is 20.3. The smallest absolute Gasteiger partial charge is 0.271 e. The molecule has 2 aliphatic rings. The fourth-order valence-corrected chi connectivity index (χ4v) is 6.29. The van der Waals surface area contributed by atoms with Gasteiger partial charge in [0.2, 0.25) is 0 Å². The van der Waals surface area contributed by atoms with Crippen molar-refractivity contribution in [3.8, 4) is 28.7 Å². The number of carbonyl (C=O) groups excluding carboxylic acids is 2. The molecule has 0 radical (unpaired) electrons. The lowest BCUT2D eigenvalue weighted by molar-refractivity contribution is -0.384. The van der Waals surface area contributed by atoms with Gasteiger partial charge in [-0.3, -0.25) is 19.7 Å². The summed E-state index contributed by atoms with van der Waals surface area (Å²) in [5, 5.41) is 38.0. The summed E-state index contributed by atoms with van der Waals surface area (Å²) in [5.41, 5.74) is 6.86. The fraction of sp³-hybridized carbons (Fsp3) is 0.333. The molecule has 2 saturated carbocycles. The molecule has 1 spiro atoms. The van der Waals surface area contributed by atoms with Crippen molar-refractivity contribution < 1.29 is 29.1 Å². The van der Waals surface area contributed by atoms with Crippen molar-refractivity contribution in [2.45, 2.75) is 57.3 Å². The van der Waals surface area contributed by atoms with Crippen molar-refractivity contribution in [2.24, 2.45) is 11.1 Å². The number of primary amides is 1. The van der Waals surface area contributed by atoms with E-state index in [9.17, 15) is 30.1 Å². The SMILES string of the molecule is CC(C)(O)COc1ccc2c(C(=O)NC3CC4(C3)CC(Oc3cc(-c5cc(C#N)cc([N+](=O)[O-])c5)ccc3C(N)=O)C4)cnn2c1. The largest absolute Gasteiger partial charge is 0.490 e. The van der Waals surface area contributed by atoms with Crippen LogP contribution >= 0.6 is 0 Å². The van der Waals surface area contributed by atoms with E-state index in [0.29, 0.717) is 28.0 Å². The molecule has 6 rings (SSSR count). The maximum absolute atomic E-state index is 13.1. The number of benzene rings is 2. The van der Waals surface area contributed by atoms with Crippen LogP contribution < -0.4 is 20.5 Å². The third-order valence-electron chi connectivity index (χ3n) is 8.47. The van der Waals surface area contributed by atoms with Crippen molar-refractivity contribution in [1.82, 2.24) is 14.9 Å². The van der Waals surface area contributed by atoms with Crippen LogP contribution in [-0.4, -0.2) is 55.8 Å². The molecule has 13 nitrogen and oxygen atoms in total. The minimum Gasteiger partial charge on any atom is -0.490 e. The molecule has 2 fully saturated rings. The first kappa shape index (κ1) is 30.5. The molecular formula is C33H32N6O7. The molecule has 2 aromatic heterocycles. The average Bonchev–Trinajstić information content (AvgIpc) is 3.40. The quantitative estimate of drug-likeness (QED) is 0.172. The summed E-state index contributed by atoms with van der Waals surface area (Å²) in [5.74, 6) is -0.0694. The van der Waals surface area contributed by atoms with E-state index in [1.165, 1.54) is 30.5 Å². The third kappa shape index (κ3) is 6.20. The average molecular weight is 625 g/mol. The van der Waals surface area contributed by atoms with E-state index < -0.39 is 16.4 Å². The summed E-state index contributed by atoms with van der Waals surface area (Å²) in [6.07, 6.45) is 6.07. The third-order valence-corrected chi connectivity index (χ3v) is 8.47. The highest BCUT2D eigenvalue weighted by Crippen LogP contribution is 2.57. The van der Waals surface area contributed by atoms with Gasteiger partial charge >= 0.3 is 0 Å². The van der Waals surface area contributed by atoms with Crippen LogP contribution in [0.3, 0.4) is 0 Å². The molecule has 4 N–H and O–H groups in total. The molecule has 2 aromatic carbocycles. The van der Waals surface area contributed by atoms with Crippen LogP contribution in [-0.2, 0) is 0 Å². The lowest BCUT2D eigenvalue weighted by Crippen LogP contribution is -2.58. The fourth-order valence-electron chi connectivity index (χ4n) is 6.29. The molecular weight excluding hydrogens is 592 g/mol. The molecule has 46 heavy (non-hydrogen) atoms. The number of rotatable bonds is 10. The molecule has 0 saturated heterocycles. The number of aromatic nitrogens is 2. The highest BCUT2D eigenvalue weighted by Gasteiger charge is 2.54. The van der Waals surface area contributed by atoms with Gasteiger partial charge in [-0.2, -0.15) is 10.4 Å². The molecule has 2 heterocycles. The number of nitro groups is 1. The Labute approximate surface area is 263 Å². The van der Waals surface area contributed by atoms with Gasteiger partial charge in [0.05, 0.1) is 57.3 Å². The summed E-state index contributed by atoms with van der Waals surface area (Å²) in [7, 11) is 0. The summed E-state index contributed by atoms with van der Waals surface area (Å²) in [6.45, 7) is 3.42. The zero-order valence-electron chi connectivity index (χ0n) is 25.2. The summed E-state index contributed by atoms with van der Waals surface area (Å²) in [4.78, 5) is 36.0. The predicted molar refractivity (Wildman–Crippen MR) is 165 cm³/mol. The molecule has 0 unspecified atom stereocenters. The van der Waals surface area contributed by atoms with Gasteiger partial charge in [-0.05, 0) is 86.4 Å². The number of hydrogen-bond donors (Lipinski definition) is 3. The number of nitrogens with one attached hydrogen (secondary N) is 1. The Kier molecular flexibility index (Phi) is 7.61. The Morgan fingerprint density at radius 3 is 2.59 bits per heavy atom. The zero-order chi connectivity index (χ0) is 32.8. The number of nitrogens with two attached hydrogens (primary N) is 1. The molecule has 13 heteroatoms. The van der Waals surface area contributed by atoms with Crippen LogP contribution in [0, 0.1) is 26.9 Å². The van der Waals surface area contributed by atoms with Crippen LogP contribution in [0.4, 0.5) is 5.69 Å². The van der Waals surface area contributed by atoms with E-state index >= 15 is 0 Å². The molecule has 2 amide bonds. The Morgan fingerprint density at radius 1 is 1.15 bits per heavy atom. The van der Waals surface area contributed by atoms with Crippen molar-refractivity contribution >= 4 is 23.0 Å². The van der Waals surface area contributed by atoms with E-state index in [1.54, 1.807) is 48.8 Å². The van der Waals surface area contributed by atoms with Crippen LogP contribution in [0.25, 0.3) is 16.6 Å². The number of amides is 2. The first-order valence-corrected chi connectivity index (χ1v) is 14.8. The topological polar surface area (TPSA) is 195 Å². The van der Waals surface area contributed by atoms with Gasteiger partial charge in [0, 0.05) is 18.2 Å². The van der Waals surface area contributed by atoms with Gasteiger partial charge in [0.25, 0.3) is 17.5 Å². The lowest BCUT2D eigenvalue weighted by Gasteiger charge is -2.57. The van der Waals surface area contributed by atoms with Crippen LogP contribution in [0.2, 0.25) is 0 Å². The Balaban J connectivity index is 1.07. The monoisotopic (exact) mass is 624 g/mol. The molecule has 4 aromatic rings. The van der Waals surface area contributed by atoms with E-state index in [-0.39, 0.29) is 52.6 Å². The first-order chi connectivity index (χ1) is 21.8. The number of non-ortho nitro benzene ring substituents is 1. The maximum Gasteiger partial charge on any atom is 0.271 e. The second kappa shape index (κ2) is 11.5. The number of fused-ring (bicyclic) bond motifs is 1. The number of hydrogen-bond acceptors (Lipinski definition) is 9. The van der Waals surface area contributed by atoms with Gasteiger partial charge < -0.3 is 25.6 Å². The second-order valence-electron chi connectivity index (χ2n) is 12.8. The Bertz CT molecular complexity index is 1910. The molecule has 0 atom stereocenters. The van der Waals surface area contributed by atoms with Crippen molar-refractivity contribution in [3.05, 3.63) is 87.7 Å². The van der Waals surface area contributed by atoms with Crippen molar-refractivity contribution in [1.29, 1.82) is 5.26 Å². The highest BCUT2D eigenvalue weighted by molar-refractivity contribution is 6.01. The van der Waals surface area contributed by atoms with Crippen LogP contribution in [0.15, 0.2) is 60.9 Å². The van der Waals surface area contributed by atoms with E-state index in [4.69, 9.17) is 15.2 Å². The minimum atomic E-state index is -0.978. The van der Waals surface area contributed by atoms with Crippen LogP contribution in [0.1, 0.15) is 65.8 Å². The number of pyridine rings is 1. The Hall–Kier alpha value is -5.48. The highest BCUT2D eigenvalue weighted by atomic mass is 16.6. The van der Waals surface area contributed by atoms with Gasteiger partial charge in [-0.15, -0.1) is 0 Å². The maximum atomic E-state index is 13.1. The minimum absolute atomic E-state index is 0.00509. The molecule has 236 valence electrons. The van der Waals surface area contributed by atoms with E-state index in [2.05, 4.69) is 10.4 Å². The first-order valence-electron chi connectivity index (χ1n) is 14.8. The number of nitro benzene ring substituents is 1. The second-order valence-corrected chi connectivity index (χ2v) is 12.8. The van der Waals surface area contributed by atoms with E-state index in [1.807, 2.05) is 6.07 Å². The number of aliphatic hydroxyl groups is 1. The number of carbonyl (C=O) groups is 2. The summed E-state index contributed by atoms with van der Waals surface area (Å²) < 4.78 is 13.4. The molecule has 2 aliphatic carbocycles. The van der Waals surface area contributed by atoms with Gasteiger partial charge in [-0.25, -0.2) is 4.52 Å². The zero-order valence-corrected chi connectivity index (χ0v) is 25.2. The summed E-state index contributed by atoms with van der Waals surface area (Å²) >= 11 is 0. The number of nitriles is 1. The lowest BCUT2D eigenvalue weighted by atomic mass is 9.53. The molecule has 0 bridgehead atoms. The number of nitrogens with zero attached hydrogens (tertiary/aromatic N) is 4. The number of ether oxygens (including phenoxy) is 2. The van der Waals surface area contributed by atoms with Gasteiger partial charge in [-0.1, -0.05) is 6.07 Å². The predicted octanol–water partition coefficient (Wildman–Crippen LogP) is 4.15. The van der Waals surface area contributed by atoms with Gasteiger partial charge in [0.15, 0.2) is 0 Å². The van der Waals surface area contributed by atoms with E-state index in [0.717, 1.165) is 25.7 Å². The van der Waals surface area contributed by atoms with Crippen molar-refractivity contribution in [3.63, 3.8) is 0 Å². The van der Waals surface area contributed by atoms with Gasteiger partial charge in [0.1, 0.15) is 18.1 Å². The van der Waals surface area contributed by atoms with Crippen LogP contribution in [0.5, 0.6) is 11.5 Å². The molecule has 0 aliphatic heterocycles. The van der Waals surface area contributed by atoms with Crippen molar-refractivity contribution in [2.75, 3.05) is 6.61 Å². The summed E-state index contributed by atoms with van der Waals surface area (Å²) in [6, 6.07) is 14.3.